The highest BCUT2D eigenvalue weighted by Gasteiger charge is 2.33. The number of nitrogen functional groups attached to an aromatic ring is 1. The van der Waals surface area contributed by atoms with Gasteiger partial charge in [-0.05, 0) is 17.5 Å². The Balaban J connectivity index is 3.04. The number of rotatable bonds is 4. The van der Waals surface area contributed by atoms with E-state index in [1.54, 1.807) is 26.8 Å². The Morgan fingerprint density at radius 3 is 2.40 bits per heavy atom. The molecule has 0 spiro atoms. The summed E-state index contributed by atoms with van der Waals surface area (Å²) in [5, 5.41) is 11.7. The Hall–Kier alpha value is -2.24. The van der Waals surface area contributed by atoms with E-state index in [1.807, 2.05) is 0 Å². The molecule has 1 atom stereocenters. The first-order valence-electron chi connectivity index (χ1n) is 6.14. The maximum Gasteiger partial charge on any atom is 0.326 e. The van der Waals surface area contributed by atoms with E-state index in [0.29, 0.717) is 11.4 Å². The van der Waals surface area contributed by atoms with E-state index in [9.17, 15) is 14.7 Å². The second-order valence-corrected chi connectivity index (χ2v) is 5.57. The number of carbonyl (C=O) groups excluding carboxylic acids is 1. The van der Waals surface area contributed by atoms with Crippen molar-refractivity contribution in [2.24, 2.45) is 5.41 Å². The molecule has 0 radical (unpaired) electrons. The van der Waals surface area contributed by atoms with Gasteiger partial charge in [0.15, 0.2) is 0 Å². The van der Waals surface area contributed by atoms with Gasteiger partial charge in [-0.15, -0.1) is 0 Å². The molecule has 0 aliphatic rings. The smallest absolute Gasteiger partial charge is 0.326 e. The molecule has 6 nitrogen and oxygen atoms in total. The van der Waals surface area contributed by atoms with Gasteiger partial charge in [-0.3, -0.25) is 4.79 Å². The van der Waals surface area contributed by atoms with Crippen LogP contribution in [0.4, 0.5) is 5.69 Å². The van der Waals surface area contributed by atoms with Crippen LogP contribution in [0.1, 0.15) is 31.1 Å². The first kappa shape index (κ1) is 15.8. The molecular weight excluding hydrogens is 260 g/mol. The number of methoxy groups -OCH3 is 1. The van der Waals surface area contributed by atoms with E-state index >= 15 is 0 Å². The monoisotopic (exact) mass is 280 g/mol. The zero-order chi connectivity index (χ0) is 15.5. The number of carbonyl (C=O) groups is 2. The summed E-state index contributed by atoms with van der Waals surface area (Å²) in [6.45, 7) is 5.23. The molecule has 0 heterocycles. The molecule has 4 N–H and O–H groups in total. The van der Waals surface area contributed by atoms with Gasteiger partial charge in [0.1, 0.15) is 11.8 Å². The lowest BCUT2D eigenvalue weighted by Gasteiger charge is -2.28. The molecule has 1 aromatic carbocycles. The Morgan fingerprint density at radius 2 is 1.95 bits per heavy atom. The molecule has 0 saturated carbocycles. The molecule has 0 aromatic heterocycles. The number of nitrogens with one attached hydrogen (secondary N) is 1. The van der Waals surface area contributed by atoms with Crippen molar-refractivity contribution in [3.8, 4) is 5.75 Å². The van der Waals surface area contributed by atoms with Crippen LogP contribution in [-0.4, -0.2) is 30.1 Å². The van der Waals surface area contributed by atoms with Crippen LogP contribution in [-0.2, 0) is 4.79 Å². The van der Waals surface area contributed by atoms with Gasteiger partial charge >= 0.3 is 5.97 Å². The van der Waals surface area contributed by atoms with Gasteiger partial charge in [0.2, 0.25) is 0 Å². The summed E-state index contributed by atoms with van der Waals surface area (Å²) in [5.74, 6) is -1.29. The summed E-state index contributed by atoms with van der Waals surface area (Å²) >= 11 is 0. The molecular formula is C14H20N2O4. The maximum absolute atomic E-state index is 12.2. The van der Waals surface area contributed by atoms with Gasteiger partial charge in [-0.1, -0.05) is 20.8 Å². The number of ether oxygens (including phenoxy) is 1. The lowest BCUT2D eigenvalue weighted by Crippen LogP contribution is -2.49. The Labute approximate surface area is 117 Å². The standard InChI is InChI=1S/C14H20N2O4/c1-14(2,3)11(13(18)19)16-12(17)9-6-5-8(15)7-10(9)20-4/h5-7,11H,15H2,1-4H3,(H,16,17)(H,18,19)/t11-/m0/s1. The maximum atomic E-state index is 12.2. The molecule has 110 valence electrons. The van der Waals surface area contributed by atoms with E-state index in [1.165, 1.54) is 19.2 Å². The number of hydrogen-bond acceptors (Lipinski definition) is 4. The summed E-state index contributed by atoms with van der Waals surface area (Å²) < 4.78 is 5.09. The van der Waals surface area contributed by atoms with Crippen molar-refractivity contribution in [3.63, 3.8) is 0 Å². The second kappa shape index (κ2) is 5.81. The van der Waals surface area contributed by atoms with Gasteiger partial charge in [0.05, 0.1) is 12.7 Å². The lowest BCUT2D eigenvalue weighted by molar-refractivity contribution is -0.142. The van der Waals surface area contributed by atoms with E-state index in [2.05, 4.69) is 5.32 Å². The first-order chi connectivity index (χ1) is 9.16. The summed E-state index contributed by atoms with van der Waals surface area (Å²) in [6, 6.07) is 3.58. The third-order valence-electron chi connectivity index (χ3n) is 2.86. The average molecular weight is 280 g/mol. The van der Waals surface area contributed by atoms with Crippen LogP contribution in [0.15, 0.2) is 18.2 Å². The average Bonchev–Trinajstić information content (AvgIpc) is 2.33. The molecule has 0 bridgehead atoms. The van der Waals surface area contributed by atoms with Crippen LogP contribution in [0.3, 0.4) is 0 Å². The zero-order valence-electron chi connectivity index (χ0n) is 12.1. The van der Waals surface area contributed by atoms with Crippen LogP contribution >= 0.6 is 0 Å². The van der Waals surface area contributed by atoms with Crippen LogP contribution < -0.4 is 15.8 Å². The Bertz CT molecular complexity index is 520. The molecule has 20 heavy (non-hydrogen) atoms. The molecule has 0 aliphatic carbocycles. The van der Waals surface area contributed by atoms with Crippen LogP contribution in [0.25, 0.3) is 0 Å². The minimum Gasteiger partial charge on any atom is -0.496 e. The molecule has 6 heteroatoms. The predicted molar refractivity (Wildman–Crippen MR) is 75.8 cm³/mol. The van der Waals surface area contributed by atoms with Gasteiger partial charge in [0, 0.05) is 11.8 Å². The van der Waals surface area contributed by atoms with Crippen molar-refractivity contribution in [1.82, 2.24) is 5.32 Å². The highest BCUT2D eigenvalue weighted by Crippen LogP contribution is 2.24. The third kappa shape index (κ3) is 3.63. The number of amides is 1. The van der Waals surface area contributed by atoms with Gasteiger partial charge in [-0.2, -0.15) is 0 Å². The largest absolute Gasteiger partial charge is 0.496 e. The number of anilines is 1. The van der Waals surface area contributed by atoms with E-state index < -0.39 is 23.3 Å². The fourth-order valence-corrected chi connectivity index (χ4v) is 1.75. The van der Waals surface area contributed by atoms with Crippen molar-refractivity contribution in [2.45, 2.75) is 26.8 Å². The topological polar surface area (TPSA) is 102 Å². The van der Waals surface area contributed by atoms with Crippen LogP contribution in [0, 0.1) is 5.41 Å². The normalized spacial score (nSPS) is 12.6. The lowest BCUT2D eigenvalue weighted by atomic mass is 9.86. The number of carboxylic acid groups (broad SMARTS) is 1. The van der Waals surface area contributed by atoms with E-state index in [0.717, 1.165) is 0 Å². The summed E-state index contributed by atoms with van der Waals surface area (Å²) in [6.07, 6.45) is 0. The van der Waals surface area contributed by atoms with E-state index in [-0.39, 0.29) is 5.56 Å². The van der Waals surface area contributed by atoms with Crippen LogP contribution in [0.2, 0.25) is 0 Å². The number of carboxylic acids is 1. The SMILES string of the molecule is COc1cc(N)ccc1C(=O)N[C@@H](C(=O)O)C(C)(C)C. The number of aliphatic carboxylic acids is 1. The molecule has 0 unspecified atom stereocenters. The quantitative estimate of drug-likeness (QED) is 0.725. The molecule has 0 fully saturated rings. The minimum atomic E-state index is -1.08. The molecule has 0 saturated heterocycles. The highest BCUT2D eigenvalue weighted by molar-refractivity contribution is 5.99. The van der Waals surface area contributed by atoms with Gasteiger partial charge in [-0.25, -0.2) is 4.79 Å². The fraction of sp³-hybridized carbons (Fsp3) is 0.429. The third-order valence-corrected chi connectivity index (χ3v) is 2.86. The minimum absolute atomic E-state index is 0.247. The molecule has 0 aliphatic heterocycles. The van der Waals surface area contributed by atoms with Gasteiger partial charge < -0.3 is 20.9 Å². The Kier molecular flexibility index (Phi) is 4.60. The van der Waals surface area contributed by atoms with Crippen molar-refractivity contribution < 1.29 is 19.4 Å². The predicted octanol–water partition coefficient (Wildman–Crippen LogP) is 1.51. The molecule has 1 amide bonds. The summed E-state index contributed by atoms with van der Waals surface area (Å²) in [5.41, 5.74) is 5.72. The second-order valence-electron chi connectivity index (χ2n) is 5.57. The first-order valence-corrected chi connectivity index (χ1v) is 6.14. The van der Waals surface area contributed by atoms with Crippen LogP contribution in [0.5, 0.6) is 5.75 Å². The zero-order valence-corrected chi connectivity index (χ0v) is 12.1. The summed E-state index contributed by atoms with van der Waals surface area (Å²) in [7, 11) is 1.42. The van der Waals surface area contributed by atoms with Crippen molar-refractivity contribution in [2.75, 3.05) is 12.8 Å². The van der Waals surface area contributed by atoms with Crippen molar-refractivity contribution in [3.05, 3.63) is 23.8 Å². The fourth-order valence-electron chi connectivity index (χ4n) is 1.75. The van der Waals surface area contributed by atoms with E-state index in [4.69, 9.17) is 10.5 Å². The number of nitrogens with two attached hydrogens (primary N) is 1. The number of hydrogen-bond donors (Lipinski definition) is 3. The van der Waals surface area contributed by atoms with Gasteiger partial charge in [0.25, 0.3) is 5.91 Å². The Morgan fingerprint density at radius 1 is 1.35 bits per heavy atom. The summed E-state index contributed by atoms with van der Waals surface area (Å²) in [4.78, 5) is 23.5. The number of benzene rings is 1. The van der Waals surface area contributed by atoms with Crippen molar-refractivity contribution >= 4 is 17.6 Å². The highest BCUT2D eigenvalue weighted by atomic mass is 16.5. The molecule has 1 rings (SSSR count). The van der Waals surface area contributed by atoms with Crippen molar-refractivity contribution in [1.29, 1.82) is 0 Å². The molecule has 1 aromatic rings.